The summed E-state index contributed by atoms with van der Waals surface area (Å²) in [6.07, 6.45) is 1.67. The van der Waals surface area contributed by atoms with Gasteiger partial charge in [-0.05, 0) is 43.3 Å². The second-order valence-corrected chi connectivity index (χ2v) is 7.69. The summed E-state index contributed by atoms with van der Waals surface area (Å²) in [6, 6.07) is 12.7. The summed E-state index contributed by atoms with van der Waals surface area (Å²) in [5.74, 6) is -1.08. The number of aromatic nitrogens is 1. The topological polar surface area (TPSA) is 122 Å². The Morgan fingerprint density at radius 2 is 1.58 bits per heavy atom. The Kier molecular flexibility index (Phi) is 8.45. The SMILES string of the molecule is COc1cc(C(C)=O)ccc1COc1ccc(C(=O)OCC(=O)NC(=O)c2cccn2C)cc1OC. The Morgan fingerprint density at radius 1 is 0.889 bits per heavy atom. The minimum absolute atomic E-state index is 0.0786. The second-order valence-electron chi connectivity index (χ2n) is 7.69. The molecule has 0 saturated carbocycles. The number of imide groups is 1. The quantitative estimate of drug-likeness (QED) is 0.337. The first-order valence-electron chi connectivity index (χ1n) is 10.8. The Balaban J connectivity index is 1.60. The number of Topliss-reactive ketones (excluding diaryl/α,β-unsaturated/α-hetero) is 1. The Bertz CT molecular complexity index is 1290. The maximum absolute atomic E-state index is 12.4. The maximum atomic E-state index is 12.4. The molecule has 0 aliphatic rings. The summed E-state index contributed by atoms with van der Waals surface area (Å²) in [4.78, 5) is 48.1. The van der Waals surface area contributed by atoms with E-state index < -0.39 is 24.4 Å². The summed E-state index contributed by atoms with van der Waals surface area (Å²) >= 11 is 0. The van der Waals surface area contributed by atoms with E-state index in [1.54, 1.807) is 48.1 Å². The molecule has 10 nitrogen and oxygen atoms in total. The highest BCUT2D eigenvalue weighted by atomic mass is 16.5. The fourth-order valence-electron chi connectivity index (χ4n) is 3.29. The predicted octanol–water partition coefficient (Wildman–Crippen LogP) is 2.94. The van der Waals surface area contributed by atoms with Crippen LogP contribution in [0.3, 0.4) is 0 Å². The Labute approximate surface area is 207 Å². The smallest absolute Gasteiger partial charge is 0.338 e. The number of nitrogens with zero attached hydrogens (tertiary/aromatic N) is 1. The molecular formula is C26H26N2O8. The number of amides is 2. The highest BCUT2D eigenvalue weighted by Gasteiger charge is 2.17. The number of esters is 1. The molecule has 188 valence electrons. The van der Waals surface area contributed by atoms with Gasteiger partial charge in [0.15, 0.2) is 23.9 Å². The number of aryl methyl sites for hydroxylation is 1. The molecule has 36 heavy (non-hydrogen) atoms. The van der Waals surface area contributed by atoms with E-state index in [4.69, 9.17) is 18.9 Å². The van der Waals surface area contributed by atoms with Crippen molar-refractivity contribution >= 4 is 23.6 Å². The zero-order chi connectivity index (χ0) is 26.2. The summed E-state index contributed by atoms with van der Waals surface area (Å²) in [5, 5.41) is 2.16. The third-order valence-electron chi connectivity index (χ3n) is 5.24. The molecule has 2 aromatic carbocycles. The maximum Gasteiger partial charge on any atom is 0.338 e. The molecule has 0 radical (unpaired) electrons. The number of hydrogen-bond acceptors (Lipinski definition) is 8. The average Bonchev–Trinajstić information content (AvgIpc) is 3.31. The predicted molar refractivity (Wildman–Crippen MR) is 128 cm³/mol. The minimum Gasteiger partial charge on any atom is -0.496 e. The van der Waals surface area contributed by atoms with E-state index in [0.717, 1.165) is 0 Å². The number of rotatable bonds is 10. The Hall–Kier alpha value is -4.60. The van der Waals surface area contributed by atoms with Crippen LogP contribution in [0.25, 0.3) is 0 Å². The van der Waals surface area contributed by atoms with Gasteiger partial charge >= 0.3 is 5.97 Å². The number of ether oxygens (including phenoxy) is 4. The number of benzene rings is 2. The van der Waals surface area contributed by atoms with E-state index >= 15 is 0 Å². The van der Waals surface area contributed by atoms with Crippen molar-refractivity contribution in [2.24, 2.45) is 7.05 Å². The molecule has 0 saturated heterocycles. The van der Waals surface area contributed by atoms with Crippen molar-refractivity contribution in [1.82, 2.24) is 9.88 Å². The van der Waals surface area contributed by atoms with Gasteiger partial charge in [-0.15, -0.1) is 0 Å². The molecule has 0 unspecified atom stereocenters. The molecular weight excluding hydrogens is 468 g/mol. The van der Waals surface area contributed by atoms with Crippen molar-refractivity contribution in [3.05, 3.63) is 77.1 Å². The van der Waals surface area contributed by atoms with Crippen LogP contribution >= 0.6 is 0 Å². The monoisotopic (exact) mass is 494 g/mol. The normalized spacial score (nSPS) is 10.3. The van der Waals surface area contributed by atoms with E-state index in [0.29, 0.717) is 28.3 Å². The van der Waals surface area contributed by atoms with Gasteiger partial charge in [0.25, 0.3) is 11.8 Å². The summed E-state index contributed by atoms with van der Waals surface area (Å²) < 4.78 is 23.1. The highest BCUT2D eigenvalue weighted by molar-refractivity contribution is 6.04. The van der Waals surface area contributed by atoms with Crippen LogP contribution in [0, 0.1) is 0 Å². The van der Waals surface area contributed by atoms with E-state index in [9.17, 15) is 19.2 Å². The van der Waals surface area contributed by atoms with Crippen molar-refractivity contribution < 1.29 is 38.1 Å². The summed E-state index contributed by atoms with van der Waals surface area (Å²) in [6.45, 7) is 0.960. The zero-order valence-corrected chi connectivity index (χ0v) is 20.3. The summed E-state index contributed by atoms with van der Waals surface area (Å²) in [7, 11) is 4.59. The van der Waals surface area contributed by atoms with Crippen LogP contribution in [-0.2, 0) is 23.2 Å². The molecule has 0 spiro atoms. The molecule has 3 rings (SSSR count). The van der Waals surface area contributed by atoms with Gasteiger partial charge in [0, 0.05) is 24.4 Å². The van der Waals surface area contributed by atoms with Gasteiger partial charge in [0.1, 0.15) is 18.1 Å². The van der Waals surface area contributed by atoms with Crippen LogP contribution in [0.15, 0.2) is 54.7 Å². The van der Waals surface area contributed by atoms with Gasteiger partial charge in [-0.3, -0.25) is 19.7 Å². The van der Waals surface area contributed by atoms with Crippen molar-refractivity contribution in [2.45, 2.75) is 13.5 Å². The van der Waals surface area contributed by atoms with Crippen LogP contribution < -0.4 is 19.5 Å². The number of hydrogen-bond donors (Lipinski definition) is 1. The molecule has 2 amide bonds. The van der Waals surface area contributed by atoms with Crippen LogP contribution in [0.1, 0.15) is 43.7 Å². The lowest BCUT2D eigenvalue weighted by Crippen LogP contribution is -2.35. The molecule has 0 aliphatic carbocycles. The van der Waals surface area contributed by atoms with Crippen molar-refractivity contribution in [3.8, 4) is 17.2 Å². The van der Waals surface area contributed by atoms with Gasteiger partial charge in [0.05, 0.1) is 19.8 Å². The standard InChI is InChI=1S/C26H26N2O8/c1-16(29)17-7-8-19(22(12-17)33-3)14-35-21-10-9-18(13-23(21)34-4)26(32)36-15-24(30)27-25(31)20-6-5-11-28(20)2/h5-13H,14-15H2,1-4H3,(H,27,30,31). The highest BCUT2D eigenvalue weighted by Crippen LogP contribution is 2.30. The number of carbonyl (C=O) groups excluding carboxylic acids is 4. The van der Waals surface area contributed by atoms with Gasteiger partial charge in [-0.25, -0.2) is 4.79 Å². The summed E-state index contributed by atoms with van der Waals surface area (Å²) in [5.41, 5.74) is 1.66. The first-order chi connectivity index (χ1) is 17.2. The average molecular weight is 495 g/mol. The molecule has 0 atom stereocenters. The first-order valence-corrected chi connectivity index (χ1v) is 10.8. The van der Waals surface area contributed by atoms with Crippen molar-refractivity contribution in [3.63, 3.8) is 0 Å². The lowest BCUT2D eigenvalue weighted by atomic mass is 10.1. The third-order valence-corrected chi connectivity index (χ3v) is 5.24. The third kappa shape index (κ3) is 6.29. The minimum atomic E-state index is -0.775. The van der Waals surface area contributed by atoms with Crippen molar-refractivity contribution in [2.75, 3.05) is 20.8 Å². The van der Waals surface area contributed by atoms with E-state index in [1.807, 2.05) is 0 Å². The molecule has 0 aliphatic heterocycles. The fourth-order valence-corrected chi connectivity index (χ4v) is 3.29. The molecule has 1 N–H and O–H groups in total. The van der Waals surface area contributed by atoms with E-state index in [1.165, 1.54) is 39.3 Å². The molecule has 10 heteroatoms. The van der Waals surface area contributed by atoms with Gasteiger partial charge in [0.2, 0.25) is 0 Å². The molecule has 1 aromatic heterocycles. The van der Waals surface area contributed by atoms with E-state index in [2.05, 4.69) is 5.32 Å². The van der Waals surface area contributed by atoms with Gasteiger partial charge < -0.3 is 23.5 Å². The number of carbonyl (C=O) groups is 4. The number of ketones is 1. The molecule has 0 bridgehead atoms. The van der Waals surface area contributed by atoms with Crippen LogP contribution in [0.2, 0.25) is 0 Å². The van der Waals surface area contributed by atoms with E-state index in [-0.39, 0.29) is 23.7 Å². The zero-order valence-electron chi connectivity index (χ0n) is 20.3. The van der Waals surface area contributed by atoms with Crippen LogP contribution in [-0.4, -0.2) is 49.0 Å². The molecule has 1 heterocycles. The van der Waals surface area contributed by atoms with Gasteiger partial charge in [-0.1, -0.05) is 12.1 Å². The lowest BCUT2D eigenvalue weighted by molar-refractivity contribution is -0.123. The van der Waals surface area contributed by atoms with Gasteiger partial charge in [-0.2, -0.15) is 0 Å². The second kappa shape index (κ2) is 11.7. The largest absolute Gasteiger partial charge is 0.496 e. The van der Waals surface area contributed by atoms with Crippen LogP contribution in [0.5, 0.6) is 17.2 Å². The van der Waals surface area contributed by atoms with Crippen molar-refractivity contribution in [1.29, 1.82) is 0 Å². The number of nitrogens with one attached hydrogen (secondary N) is 1. The fraction of sp³-hybridized carbons (Fsp3) is 0.231. The molecule has 0 fully saturated rings. The first kappa shape index (κ1) is 26.0. The molecule has 3 aromatic rings. The Morgan fingerprint density at radius 3 is 2.22 bits per heavy atom. The van der Waals surface area contributed by atoms with Crippen LogP contribution in [0.4, 0.5) is 0 Å². The lowest BCUT2D eigenvalue weighted by Gasteiger charge is -2.14. The number of methoxy groups -OCH3 is 2.